The fourth-order valence-electron chi connectivity index (χ4n) is 2.62. The quantitative estimate of drug-likeness (QED) is 0.448. The molecule has 0 radical (unpaired) electrons. The summed E-state index contributed by atoms with van der Waals surface area (Å²) in [5, 5.41) is 10.6. The van der Waals surface area contributed by atoms with Gasteiger partial charge in [0.05, 0.1) is 6.61 Å². The topological polar surface area (TPSA) is 68.0 Å². The molecular weight excluding hydrogens is 272 g/mol. The number of halogens is 2. The summed E-state index contributed by atoms with van der Waals surface area (Å²) in [6.45, 7) is 5.42. The van der Waals surface area contributed by atoms with Crippen LogP contribution in [0.2, 0.25) is 0 Å². The second kappa shape index (κ2) is 5.59. The first-order valence-electron chi connectivity index (χ1n) is 6.75. The summed E-state index contributed by atoms with van der Waals surface area (Å²) in [4.78, 5) is 14.2. The SMILES string of the molecule is CC1COCC1CN1C(C(F)(F)[N+](=O)[O-])=NCCC1C. The lowest BCUT2D eigenvalue weighted by molar-refractivity contribution is -0.618. The van der Waals surface area contributed by atoms with Crippen LogP contribution >= 0.6 is 0 Å². The van der Waals surface area contributed by atoms with Crippen molar-refractivity contribution in [3.8, 4) is 0 Å². The zero-order valence-electron chi connectivity index (χ0n) is 11.6. The van der Waals surface area contributed by atoms with Gasteiger partial charge in [0, 0.05) is 31.7 Å². The Kier molecular flexibility index (Phi) is 4.22. The van der Waals surface area contributed by atoms with E-state index in [1.807, 2.05) is 6.92 Å². The van der Waals surface area contributed by atoms with E-state index in [4.69, 9.17) is 4.74 Å². The van der Waals surface area contributed by atoms with Crippen LogP contribution in [-0.4, -0.2) is 54.1 Å². The van der Waals surface area contributed by atoms with Gasteiger partial charge in [0.25, 0.3) is 5.84 Å². The van der Waals surface area contributed by atoms with Crippen molar-refractivity contribution < 1.29 is 18.4 Å². The zero-order chi connectivity index (χ0) is 14.9. The molecule has 0 aliphatic carbocycles. The summed E-state index contributed by atoms with van der Waals surface area (Å²) in [5.41, 5.74) is 0. The van der Waals surface area contributed by atoms with Crippen LogP contribution in [0, 0.1) is 22.0 Å². The smallest absolute Gasteiger partial charge is 0.381 e. The number of hydrogen-bond acceptors (Lipinski definition) is 5. The Bertz CT molecular complexity index is 417. The molecule has 20 heavy (non-hydrogen) atoms. The Balaban J connectivity index is 2.20. The lowest BCUT2D eigenvalue weighted by Crippen LogP contribution is -2.55. The van der Waals surface area contributed by atoms with Gasteiger partial charge >= 0.3 is 6.05 Å². The van der Waals surface area contributed by atoms with Crippen LogP contribution < -0.4 is 0 Å². The molecule has 1 saturated heterocycles. The van der Waals surface area contributed by atoms with Crippen molar-refractivity contribution in [2.24, 2.45) is 16.8 Å². The van der Waals surface area contributed by atoms with Gasteiger partial charge in [-0.05, 0) is 19.3 Å². The predicted octanol–water partition coefficient (Wildman–Crippen LogP) is 1.63. The molecule has 0 spiro atoms. The Morgan fingerprint density at radius 3 is 2.75 bits per heavy atom. The van der Waals surface area contributed by atoms with Gasteiger partial charge in [0.1, 0.15) is 4.92 Å². The normalized spacial score (nSPS) is 31.3. The van der Waals surface area contributed by atoms with Gasteiger partial charge < -0.3 is 9.64 Å². The van der Waals surface area contributed by atoms with Gasteiger partial charge in [0.15, 0.2) is 0 Å². The van der Waals surface area contributed by atoms with Gasteiger partial charge in [-0.25, -0.2) is 0 Å². The van der Waals surface area contributed by atoms with Crippen LogP contribution in [0.5, 0.6) is 0 Å². The zero-order valence-corrected chi connectivity index (χ0v) is 11.6. The molecule has 8 heteroatoms. The van der Waals surface area contributed by atoms with E-state index in [0.717, 1.165) is 0 Å². The number of ether oxygens (including phenoxy) is 1. The summed E-state index contributed by atoms with van der Waals surface area (Å²) in [6, 6.07) is -4.31. The number of nitrogens with zero attached hydrogens (tertiary/aromatic N) is 3. The molecule has 2 aliphatic rings. The number of alkyl halides is 2. The lowest BCUT2D eigenvalue weighted by atomic mass is 9.96. The van der Waals surface area contributed by atoms with E-state index in [2.05, 4.69) is 4.99 Å². The standard InChI is InChI=1S/C12H19F2N3O3/c1-8-6-20-7-10(8)5-16-9(2)3-4-15-11(16)12(13,14)17(18)19/h8-10H,3-7H2,1-2H3. The van der Waals surface area contributed by atoms with E-state index in [-0.39, 0.29) is 24.4 Å². The summed E-state index contributed by atoms with van der Waals surface area (Å²) in [6.07, 6.45) is 0.624. The summed E-state index contributed by atoms with van der Waals surface area (Å²) in [7, 11) is 0. The predicted molar refractivity (Wildman–Crippen MR) is 68.5 cm³/mol. The molecule has 3 unspecified atom stereocenters. The van der Waals surface area contributed by atoms with Crippen molar-refractivity contribution in [2.75, 3.05) is 26.3 Å². The Hall–Kier alpha value is -1.31. The number of amidine groups is 1. The third-order valence-electron chi connectivity index (χ3n) is 4.06. The molecule has 0 aromatic rings. The maximum Gasteiger partial charge on any atom is 0.572 e. The molecule has 0 aromatic carbocycles. The van der Waals surface area contributed by atoms with Crippen LogP contribution in [0.15, 0.2) is 4.99 Å². The lowest BCUT2D eigenvalue weighted by Gasteiger charge is -2.37. The van der Waals surface area contributed by atoms with Crippen molar-refractivity contribution >= 4 is 5.84 Å². The molecule has 1 fully saturated rings. The fraction of sp³-hybridized carbons (Fsp3) is 0.917. The van der Waals surface area contributed by atoms with Crippen molar-refractivity contribution in [1.82, 2.24) is 4.90 Å². The van der Waals surface area contributed by atoms with E-state index in [1.165, 1.54) is 4.90 Å². The highest BCUT2D eigenvalue weighted by Gasteiger charge is 2.55. The van der Waals surface area contributed by atoms with Gasteiger partial charge in [-0.1, -0.05) is 6.92 Å². The van der Waals surface area contributed by atoms with Crippen molar-refractivity contribution in [3.05, 3.63) is 10.1 Å². The summed E-state index contributed by atoms with van der Waals surface area (Å²) >= 11 is 0. The molecule has 2 aliphatic heterocycles. The number of nitro groups is 1. The Morgan fingerprint density at radius 2 is 2.20 bits per heavy atom. The molecule has 3 atom stereocenters. The maximum atomic E-state index is 13.7. The maximum absolute atomic E-state index is 13.7. The molecule has 0 aromatic heterocycles. The second-order valence-electron chi connectivity index (χ2n) is 5.57. The third-order valence-corrected chi connectivity index (χ3v) is 4.06. The molecule has 0 amide bonds. The minimum absolute atomic E-state index is 0.100. The van der Waals surface area contributed by atoms with Crippen molar-refractivity contribution in [2.45, 2.75) is 32.4 Å². The molecule has 0 N–H and O–H groups in total. The van der Waals surface area contributed by atoms with Crippen LogP contribution in [-0.2, 0) is 4.74 Å². The van der Waals surface area contributed by atoms with Gasteiger partial charge in [-0.2, -0.15) is 0 Å². The van der Waals surface area contributed by atoms with Crippen LogP contribution in [0.3, 0.4) is 0 Å². The first-order chi connectivity index (χ1) is 9.34. The van der Waals surface area contributed by atoms with Gasteiger partial charge in [-0.15, -0.1) is 8.78 Å². The monoisotopic (exact) mass is 291 g/mol. The molecular formula is C12H19F2N3O3. The van der Waals surface area contributed by atoms with Crippen LogP contribution in [0.4, 0.5) is 8.78 Å². The van der Waals surface area contributed by atoms with Crippen LogP contribution in [0.25, 0.3) is 0 Å². The summed E-state index contributed by atoms with van der Waals surface area (Å²) < 4.78 is 32.8. The third kappa shape index (κ3) is 2.74. The molecule has 0 bridgehead atoms. The molecule has 6 nitrogen and oxygen atoms in total. The van der Waals surface area contributed by atoms with E-state index in [9.17, 15) is 18.9 Å². The summed E-state index contributed by atoms with van der Waals surface area (Å²) in [5.74, 6) is -0.349. The second-order valence-corrected chi connectivity index (χ2v) is 5.57. The fourth-order valence-corrected chi connectivity index (χ4v) is 2.62. The van der Waals surface area contributed by atoms with Crippen molar-refractivity contribution in [3.63, 3.8) is 0 Å². The van der Waals surface area contributed by atoms with Crippen LogP contribution in [0.1, 0.15) is 20.3 Å². The Labute approximate surface area is 115 Å². The number of aliphatic imine (C=N–C) groups is 1. The van der Waals surface area contributed by atoms with E-state index >= 15 is 0 Å². The first-order valence-corrected chi connectivity index (χ1v) is 6.75. The van der Waals surface area contributed by atoms with Gasteiger partial charge in [0.2, 0.25) is 0 Å². The first kappa shape index (κ1) is 15.1. The minimum atomic E-state index is -4.13. The number of rotatable bonds is 4. The van der Waals surface area contributed by atoms with E-state index in [0.29, 0.717) is 26.2 Å². The largest absolute Gasteiger partial charge is 0.572 e. The van der Waals surface area contributed by atoms with E-state index < -0.39 is 16.8 Å². The highest BCUT2D eigenvalue weighted by Crippen LogP contribution is 2.28. The van der Waals surface area contributed by atoms with Gasteiger partial charge in [-0.3, -0.25) is 15.1 Å². The molecule has 2 heterocycles. The highest BCUT2D eigenvalue weighted by molar-refractivity contribution is 5.88. The molecule has 0 saturated carbocycles. The molecule has 2 rings (SSSR count). The number of hydrogen-bond donors (Lipinski definition) is 0. The average molecular weight is 291 g/mol. The van der Waals surface area contributed by atoms with Crippen molar-refractivity contribution in [1.29, 1.82) is 0 Å². The molecule has 114 valence electrons. The highest BCUT2D eigenvalue weighted by atomic mass is 19.3. The Morgan fingerprint density at radius 1 is 1.50 bits per heavy atom. The van der Waals surface area contributed by atoms with E-state index in [1.54, 1.807) is 6.92 Å². The minimum Gasteiger partial charge on any atom is -0.381 e. The average Bonchev–Trinajstić information content (AvgIpc) is 2.77.